The molecule has 0 atom stereocenters. The molecule has 18 heavy (non-hydrogen) atoms. The Morgan fingerprint density at radius 2 is 2.06 bits per heavy atom. The molecule has 1 aliphatic heterocycles. The molecule has 2 rings (SSSR count). The molecule has 6 heteroatoms. The zero-order chi connectivity index (χ0) is 12.5. The Morgan fingerprint density at radius 3 is 2.61 bits per heavy atom. The highest BCUT2D eigenvalue weighted by atomic mass is 35.5. The van der Waals surface area contributed by atoms with E-state index in [-0.39, 0.29) is 23.7 Å². The van der Waals surface area contributed by atoms with Crippen molar-refractivity contribution in [3.05, 3.63) is 16.1 Å². The normalized spacial score (nSPS) is 17.9. The van der Waals surface area contributed by atoms with Crippen LogP contribution in [0.5, 0.6) is 0 Å². The molecule has 2 heterocycles. The van der Waals surface area contributed by atoms with Crippen molar-refractivity contribution < 1.29 is 4.79 Å². The monoisotopic (exact) mass is 289 g/mol. The van der Waals surface area contributed by atoms with Crippen molar-refractivity contribution in [2.24, 2.45) is 0 Å². The fourth-order valence-corrected chi connectivity index (χ4v) is 3.20. The molecule has 0 unspecified atom stereocenters. The highest BCUT2D eigenvalue weighted by Gasteiger charge is 2.32. The molecule has 1 fully saturated rings. The molecule has 1 amide bonds. The van der Waals surface area contributed by atoms with Crippen molar-refractivity contribution in [3.63, 3.8) is 0 Å². The third kappa shape index (κ3) is 3.02. The van der Waals surface area contributed by atoms with Gasteiger partial charge in [-0.2, -0.15) is 0 Å². The second-order valence-electron chi connectivity index (χ2n) is 5.04. The molecule has 0 saturated carbocycles. The number of halogens is 1. The molecule has 1 aromatic rings. The minimum atomic E-state index is 0. The van der Waals surface area contributed by atoms with E-state index in [0.717, 1.165) is 35.8 Å². The summed E-state index contributed by atoms with van der Waals surface area (Å²) in [5.41, 5.74) is 0.140. The molecule has 4 nitrogen and oxygen atoms in total. The number of thiazole rings is 1. The van der Waals surface area contributed by atoms with Crippen molar-refractivity contribution in [3.8, 4) is 0 Å². The number of hydrogen-bond donors (Lipinski definition) is 1. The molecule has 0 spiro atoms. The molecule has 1 N–H and O–H groups in total. The fourth-order valence-electron chi connectivity index (χ4n) is 2.06. The minimum absolute atomic E-state index is 0. The van der Waals surface area contributed by atoms with Crippen LogP contribution in [0.4, 0.5) is 0 Å². The number of carbonyl (C=O) groups is 1. The number of aromatic nitrogens is 1. The standard InChI is InChI=1S/C12H19N3OS.ClH/c1-12(4-6-13-7-5-12)11-14-8-9(17-11)10(16)15(2)3;/h8,13H,4-7H2,1-3H3;1H. The Kier molecular flexibility index (Phi) is 5.13. The Hall–Kier alpha value is -0.650. The molecule has 1 aromatic heterocycles. The van der Waals surface area contributed by atoms with Gasteiger partial charge in [-0.25, -0.2) is 4.98 Å². The first-order valence-electron chi connectivity index (χ1n) is 5.92. The quantitative estimate of drug-likeness (QED) is 0.905. The molecule has 0 aliphatic carbocycles. The number of rotatable bonds is 2. The highest BCUT2D eigenvalue weighted by Crippen LogP contribution is 2.35. The van der Waals surface area contributed by atoms with Gasteiger partial charge < -0.3 is 10.2 Å². The van der Waals surface area contributed by atoms with Crippen molar-refractivity contribution >= 4 is 29.7 Å². The van der Waals surface area contributed by atoms with Crippen molar-refractivity contribution in [1.29, 1.82) is 0 Å². The van der Waals surface area contributed by atoms with E-state index in [1.807, 2.05) is 0 Å². The van der Waals surface area contributed by atoms with Gasteiger partial charge in [0.15, 0.2) is 0 Å². The lowest BCUT2D eigenvalue weighted by atomic mass is 9.82. The van der Waals surface area contributed by atoms with Gasteiger partial charge in [-0.15, -0.1) is 23.7 Å². The van der Waals surface area contributed by atoms with E-state index in [0.29, 0.717) is 0 Å². The first-order chi connectivity index (χ1) is 8.03. The van der Waals surface area contributed by atoms with Gasteiger partial charge in [-0.3, -0.25) is 4.79 Å². The van der Waals surface area contributed by atoms with Gasteiger partial charge in [0.25, 0.3) is 5.91 Å². The van der Waals surface area contributed by atoms with Gasteiger partial charge in [0.1, 0.15) is 4.88 Å². The van der Waals surface area contributed by atoms with E-state index in [2.05, 4.69) is 17.2 Å². The maximum Gasteiger partial charge on any atom is 0.265 e. The third-order valence-electron chi connectivity index (χ3n) is 3.35. The first kappa shape index (κ1) is 15.4. The summed E-state index contributed by atoms with van der Waals surface area (Å²) in [5, 5.41) is 4.46. The predicted molar refractivity (Wildman–Crippen MR) is 76.8 cm³/mol. The summed E-state index contributed by atoms with van der Waals surface area (Å²) in [6.07, 6.45) is 3.90. The maximum absolute atomic E-state index is 11.8. The molecule has 1 aliphatic rings. The highest BCUT2D eigenvalue weighted by molar-refractivity contribution is 7.13. The van der Waals surface area contributed by atoms with Crippen LogP contribution >= 0.6 is 23.7 Å². The number of piperidine rings is 1. The summed E-state index contributed by atoms with van der Waals surface area (Å²) in [5.74, 6) is 0.0475. The smallest absolute Gasteiger partial charge is 0.265 e. The summed E-state index contributed by atoms with van der Waals surface area (Å²) >= 11 is 1.54. The van der Waals surface area contributed by atoms with E-state index in [1.165, 1.54) is 0 Å². The number of carbonyl (C=O) groups excluding carboxylic acids is 1. The van der Waals surface area contributed by atoms with Crippen LogP contribution in [0.2, 0.25) is 0 Å². The van der Waals surface area contributed by atoms with E-state index in [4.69, 9.17) is 0 Å². The fraction of sp³-hybridized carbons (Fsp3) is 0.667. The number of nitrogens with one attached hydrogen (secondary N) is 1. The second kappa shape index (κ2) is 5.99. The lowest BCUT2D eigenvalue weighted by Gasteiger charge is -2.31. The summed E-state index contributed by atoms with van der Waals surface area (Å²) in [6, 6.07) is 0. The van der Waals surface area contributed by atoms with Gasteiger partial charge in [0.05, 0.1) is 11.2 Å². The summed E-state index contributed by atoms with van der Waals surface area (Å²) in [4.78, 5) is 18.6. The third-order valence-corrected chi connectivity index (χ3v) is 4.64. The largest absolute Gasteiger partial charge is 0.344 e. The minimum Gasteiger partial charge on any atom is -0.344 e. The van der Waals surface area contributed by atoms with Gasteiger partial charge in [0, 0.05) is 19.5 Å². The SMILES string of the molecule is CN(C)C(=O)c1cnc(C2(C)CCNCC2)s1.Cl. The molecule has 0 aromatic carbocycles. The lowest BCUT2D eigenvalue weighted by Crippen LogP contribution is -2.37. The average molecular weight is 290 g/mol. The lowest BCUT2D eigenvalue weighted by molar-refractivity contribution is 0.0832. The van der Waals surface area contributed by atoms with Crippen LogP contribution in [0.3, 0.4) is 0 Å². The van der Waals surface area contributed by atoms with Gasteiger partial charge >= 0.3 is 0 Å². The summed E-state index contributed by atoms with van der Waals surface area (Å²) in [6.45, 7) is 4.32. The Balaban J connectivity index is 0.00000162. The molecular formula is C12H20ClN3OS. The van der Waals surface area contributed by atoms with Gasteiger partial charge in [0.2, 0.25) is 0 Å². The van der Waals surface area contributed by atoms with Crippen molar-refractivity contribution in [1.82, 2.24) is 15.2 Å². The Bertz CT molecular complexity index is 413. The van der Waals surface area contributed by atoms with Crippen LogP contribution in [-0.2, 0) is 5.41 Å². The topological polar surface area (TPSA) is 45.2 Å². The van der Waals surface area contributed by atoms with E-state index < -0.39 is 0 Å². The molecule has 102 valence electrons. The first-order valence-corrected chi connectivity index (χ1v) is 6.73. The van der Waals surface area contributed by atoms with E-state index in [9.17, 15) is 4.79 Å². The van der Waals surface area contributed by atoms with Crippen LogP contribution in [0.15, 0.2) is 6.20 Å². The van der Waals surface area contributed by atoms with E-state index >= 15 is 0 Å². The molecule has 0 bridgehead atoms. The number of nitrogens with zero attached hydrogens (tertiary/aromatic N) is 2. The molecular weight excluding hydrogens is 270 g/mol. The Labute approximate surface area is 118 Å². The van der Waals surface area contributed by atoms with Gasteiger partial charge in [-0.1, -0.05) is 6.92 Å². The summed E-state index contributed by atoms with van der Waals surface area (Å²) in [7, 11) is 3.54. The molecule has 0 radical (unpaired) electrons. The van der Waals surface area contributed by atoms with Crippen molar-refractivity contribution in [2.75, 3.05) is 27.2 Å². The van der Waals surface area contributed by atoms with Gasteiger partial charge in [-0.05, 0) is 25.9 Å². The maximum atomic E-state index is 11.8. The number of hydrogen-bond acceptors (Lipinski definition) is 4. The predicted octanol–water partition coefficient (Wildman–Crippen LogP) is 1.91. The summed E-state index contributed by atoms with van der Waals surface area (Å²) < 4.78 is 0. The molecule has 1 saturated heterocycles. The van der Waals surface area contributed by atoms with Crippen LogP contribution < -0.4 is 5.32 Å². The van der Waals surface area contributed by atoms with E-state index in [1.54, 1.807) is 36.5 Å². The van der Waals surface area contributed by atoms with Crippen molar-refractivity contribution in [2.45, 2.75) is 25.2 Å². The van der Waals surface area contributed by atoms with Crippen LogP contribution in [-0.4, -0.2) is 43.0 Å². The zero-order valence-electron chi connectivity index (χ0n) is 11.0. The second-order valence-corrected chi connectivity index (χ2v) is 6.07. The number of amides is 1. The van der Waals surface area contributed by atoms with Crippen LogP contribution in [0.1, 0.15) is 34.4 Å². The Morgan fingerprint density at radius 1 is 1.44 bits per heavy atom. The average Bonchev–Trinajstić information content (AvgIpc) is 2.78. The van der Waals surface area contributed by atoms with Crippen LogP contribution in [0, 0.1) is 0 Å². The van der Waals surface area contributed by atoms with Crippen LogP contribution in [0.25, 0.3) is 0 Å². The zero-order valence-corrected chi connectivity index (χ0v) is 12.7.